The molecule has 2 atom stereocenters. The van der Waals surface area contributed by atoms with Crippen LogP contribution in [0.3, 0.4) is 0 Å². The van der Waals surface area contributed by atoms with Crippen LogP contribution in [0.2, 0.25) is 0 Å². The minimum Gasteiger partial charge on any atom is -0.348 e. The monoisotopic (exact) mass is 224 g/mol. The third-order valence-electron chi connectivity index (χ3n) is 2.60. The van der Waals surface area contributed by atoms with Crippen molar-refractivity contribution in [1.82, 2.24) is 15.1 Å². The molecule has 3 N–H and O–H groups in total. The van der Waals surface area contributed by atoms with Gasteiger partial charge in [0.25, 0.3) is 0 Å². The lowest BCUT2D eigenvalue weighted by Crippen LogP contribution is -2.44. The average molecular weight is 224 g/mol. The molecule has 0 aliphatic carbocycles. The Kier molecular flexibility index (Phi) is 4.06. The maximum absolute atomic E-state index is 11.7. The molecule has 0 fully saturated rings. The lowest BCUT2D eigenvalue weighted by atomic mass is 10.0. The van der Waals surface area contributed by atoms with Crippen molar-refractivity contribution in [2.45, 2.75) is 32.9 Å². The van der Waals surface area contributed by atoms with E-state index >= 15 is 0 Å². The SMILES string of the molecule is CC(NC(=O)C(N)C(C)C)c1cnn(C)c1. The molecule has 1 amide bonds. The van der Waals surface area contributed by atoms with Crippen LogP contribution in [0.1, 0.15) is 32.4 Å². The molecule has 0 radical (unpaired) electrons. The second kappa shape index (κ2) is 5.12. The summed E-state index contributed by atoms with van der Waals surface area (Å²) in [6.45, 7) is 5.78. The van der Waals surface area contributed by atoms with Gasteiger partial charge in [-0.2, -0.15) is 5.10 Å². The number of hydrogen-bond acceptors (Lipinski definition) is 3. The molecule has 2 unspecified atom stereocenters. The summed E-state index contributed by atoms with van der Waals surface area (Å²) in [5.74, 6) is 0.0208. The zero-order chi connectivity index (χ0) is 12.3. The Labute approximate surface area is 96.0 Å². The Bertz CT molecular complexity index is 359. The Morgan fingerprint density at radius 3 is 2.56 bits per heavy atom. The molecule has 1 aromatic rings. The number of aromatic nitrogens is 2. The summed E-state index contributed by atoms with van der Waals surface area (Å²) in [7, 11) is 1.85. The molecule has 0 saturated heterocycles. The number of nitrogens with zero attached hydrogens (tertiary/aromatic N) is 2. The van der Waals surface area contributed by atoms with E-state index in [9.17, 15) is 4.79 Å². The van der Waals surface area contributed by atoms with Gasteiger partial charge in [0.2, 0.25) is 5.91 Å². The standard InChI is InChI=1S/C11H20N4O/c1-7(2)10(12)11(16)14-8(3)9-5-13-15(4)6-9/h5-8,10H,12H2,1-4H3,(H,14,16). The molecule has 1 aromatic heterocycles. The summed E-state index contributed by atoms with van der Waals surface area (Å²) >= 11 is 0. The quantitative estimate of drug-likeness (QED) is 0.785. The molecular weight excluding hydrogens is 204 g/mol. The highest BCUT2D eigenvalue weighted by Gasteiger charge is 2.19. The second-order valence-corrected chi connectivity index (χ2v) is 4.45. The molecular formula is C11H20N4O. The Morgan fingerprint density at radius 2 is 2.12 bits per heavy atom. The fraction of sp³-hybridized carbons (Fsp3) is 0.636. The first kappa shape index (κ1) is 12.7. The highest BCUT2D eigenvalue weighted by Crippen LogP contribution is 2.11. The van der Waals surface area contributed by atoms with Gasteiger partial charge in [-0.15, -0.1) is 0 Å². The fourth-order valence-corrected chi connectivity index (χ4v) is 1.36. The Balaban J connectivity index is 2.58. The highest BCUT2D eigenvalue weighted by molar-refractivity contribution is 5.82. The molecule has 1 rings (SSSR count). The van der Waals surface area contributed by atoms with Gasteiger partial charge in [-0.05, 0) is 12.8 Å². The fourth-order valence-electron chi connectivity index (χ4n) is 1.36. The van der Waals surface area contributed by atoms with Crippen molar-refractivity contribution >= 4 is 5.91 Å². The number of hydrogen-bond donors (Lipinski definition) is 2. The van der Waals surface area contributed by atoms with Crippen LogP contribution in [0.25, 0.3) is 0 Å². The molecule has 5 nitrogen and oxygen atoms in total. The first-order valence-electron chi connectivity index (χ1n) is 5.46. The van der Waals surface area contributed by atoms with E-state index in [1.807, 2.05) is 34.0 Å². The van der Waals surface area contributed by atoms with Gasteiger partial charge >= 0.3 is 0 Å². The van der Waals surface area contributed by atoms with Gasteiger partial charge in [0.05, 0.1) is 18.3 Å². The van der Waals surface area contributed by atoms with Crippen LogP contribution in [0.5, 0.6) is 0 Å². The highest BCUT2D eigenvalue weighted by atomic mass is 16.2. The maximum atomic E-state index is 11.7. The molecule has 0 aliphatic rings. The van der Waals surface area contributed by atoms with Crippen LogP contribution < -0.4 is 11.1 Å². The van der Waals surface area contributed by atoms with Crippen LogP contribution in [0, 0.1) is 5.92 Å². The van der Waals surface area contributed by atoms with Crippen molar-refractivity contribution in [2.24, 2.45) is 18.7 Å². The lowest BCUT2D eigenvalue weighted by molar-refractivity contribution is -0.123. The zero-order valence-corrected chi connectivity index (χ0v) is 10.3. The number of carbonyl (C=O) groups is 1. The summed E-state index contributed by atoms with van der Waals surface area (Å²) in [6.07, 6.45) is 3.62. The van der Waals surface area contributed by atoms with Gasteiger partial charge in [0, 0.05) is 18.8 Å². The lowest BCUT2D eigenvalue weighted by Gasteiger charge is -2.18. The molecule has 1 heterocycles. The summed E-state index contributed by atoms with van der Waals surface area (Å²) in [6, 6.07) is -0.523. The smallest absolute Gasteiger partial charge is 0.237 e. The predicted octanol–water partition coefficient (Wildman–Crippen LogP) is 0.581. The number of nitrogens with one attached hydrogen (secondary N) is 1. The molecule has 0 saturated carbocycles. The van der Waals surface area contributed by atoms with E-state index in [4.69, 9.17) is 5.73 Å². The van der Waals surface area contributed by atoms with E-state index in [0.717, 1.165) is 5.56 Å². The minimum atomic E-state index is -0.459. The Morgan fingerprint density at radius 1 is 1.50 bits per heavy atom. The predicted molar refractivity (Wildman–Crippen MR) is 62.6 cm³/mol. The van der Waals surface area contributed by atoms with E-state index in [-0.39, 0.29) is 17.9 Å². The van der Waals surface area contributed by atoms with Gasteiger partial charge in [-0.3, -0.25) is 9.48 Å². The molecule has 5 heteroatoms. The first-order chi connectivity index (χ1) is 7.41. The Hall–Kier alpha value is -1.36. The number of amides is 1. The summed E-state index contributed by atoms with van der Waals surface area (Å²) in [5.41, 5.74) is 6.74. The second-order valence-electron chi connectivity index (χ2n) is 4.45. The van der Waals surface area contributed by atoms with Crippen LogP contribution in [0.15, 0.2) is 12.4 Å². The van der Waals surface area contributed by atoms with Crippen molar-refractivity contribution in [3.8, 4) is 0 Å². The van der Waals surface area contributed by atoms with Crippen LogP contribution in [-0.4, -0.2) is 21.7 Å². The van der Waals surface area contributed by atoms with E-state index in [1.54, 1.807) is 10.9 Å². The zero-order valence-electron chi connectivity index (χ0n) is 10.3. The van der Waals surface area contributed by atoms with Crippen molar-refractivity contribution in [3.05, 3.63) is 18.0 Å². The van der Waals surface area contributed by atoms with E-state index in [1.165, 1.54) is 0 Å². The number of rotatable bonds is 4. The number of aryl methyl sites for hydroxylation is 1. The van der Waals surface area contributed by atoms with Gasteiger partial charge in [-0.1, -0.05) is 13.8 Å². The van der Waals surface area contributed by atoms with Crippen LogP contribution in [-0.2, 0) is 11.8 Å². The summed E-state index contributed by atoms with van der Waals surface area (Å²) in [4.78, 5) is 11.7. The average Bonchev–Trinajstić information content (AvgIpc) is 2.63. The molecule has 0 aliphatic heterocycles. The molecule has 0 aromatic carbocycles. The van der Waals surface area contributed by atoms with Crippen molar-refractivity contribution in [3.63, 3.8) is 0 Å². The third kappa shape index (κ3) is 3.06. The number of nitrogens with two attached hydrogens (primary N) is 1. The first-order valence-corrected chi connectivity index (χ1v) is 5.46. The van der Waals surface area contributed by atoms with Gasteiger partial charge in [0.15, 0.2) is 0 Å². The van der Waals surface area contributed by atoms with Crippen molar-refractivity contribution in [2.75, 3.05) is 0 Å². The number of carbonyl (C=O) groups excluding carboxylic acids is 1. The van der Waals surface area contributed by atoms with Crippen molar-refractivity contribution < 1.29 is 4.79 Å². The van der Waals surface area contributed by atoms with Crippen LogP contribution in [0.4, 0.5) is 0 Å². The van der Waals surface area contributed by atoms with Gasteiger partial charge in [0.1, 0.15) is 0 Å². The molecule has 90 valence electrons. The molecule has 16 heavy (non-hydrogen) atoms. The largest absolute Gasteiger partial charge is 0.348 e. The third-order valence-corrected chi connectivity index (χ3v) is 2.60. The maximum Gasteiger partial charge on any atom is 0.237 e. The van der Waals surface area contributed by atoms with Crippen molar-refractivity contribution in [1.29, 1.82) is 0 Å². The van der Waals surface area contributed by atoms with Gasteiger partial charge in [-0.25, -0.2) is 0 Å². The van der Waals surface area contributed by atoms with Gasteiger partial charge < -0.3 is 11.1 Å². The molecule has 0 bridgehead atoms. The summed E-state index contributed by atoms with van der Waals surface area (Å²) < 4.78 is 1.71. The van der Waals surface area contributed by atoms with E-state index < -0.39 is 6.04 Å². The van der Waals surface area contributed by atoms with Crippen LogP contribution >= 0.6 is 0 Å². The summed E-state index contributed by atoms with van der Waals surface area (Å²) in [5, 5.41) is 6.93. The molecule has 0 spiro atoms. The topological polar surface area (TPSA) is 72.9 Å². The van der Waals surface area contributed by atoms with E-state index in [0.29, 0.717) is 0 Å². The van der Waals surface area contributed by atoms with E-state index in [2.05, 4.69) is 10.4 Å². The normalized spacial score (nSPS) is 14.9. The minimum absolute atomic E-state index is 0.0639.